The highest BCUT2D eigenvalue weighted by molar-refractivity contribution is 5.95. The van der Waals surface area contributed by atoms with Gasteiger partial charge in [-0.05, 0) is 24.6 Å². The first kappa shape index (κ1) is 11.1. The van der Waals surface area contributed by atoms with Gasteiger partial charge in [-0.15, -0.1) is 0 Å². The molecule has 0 spiro atoms. The molecule has 0 N–H and O–H groups in total. The molecule has 0 aromatic carbocycles. The van der Waals surface area contributed by atoms with E-state index in [1.165, 1.54) is 0 Å². The van der Waals surface area contributed by atoms with E-state index in [-0.39, 0.29) is 5.41 Å². The highest BCUT2D eigenvalue weighted by Crippen LogP contribution is 2.19. The van der Waals surface area contributed by atoms with E-state index in [1.807, 2.05) is 6.08 Å². The molecule has 0 aliphatic heterocycles. The number of hydrogen-bond donors (Lipinski definition) is 0. The van der Waals surface area contributed by atoms with Gasteiger partial charge in [0.05, 0.1) is 0 Å². The van der Waals surface area contributed by atoms with Crippen molar-refractivity contribution in [1.29, 1.82) is 0 Å². The maximum atomic E-state index is 4.15. The minimum absolute atomic E-state index is 0.278. The average molecular weight is 166 g/mol. The second kappa shape index (κ2) is 4.86. The largest absolute Gasteiger partial charge is 0.293 e. The second-order valence-corrected chi connectivity index (χ2v) is 3.95. The van der Waals surface area contributed by atoms with Gasteiger partial charge in [-0.3, -0.25) is 9.98 Å². The van der Waals surface area contributed by atoms with E-state index in [0.29, 0.717) is 0 Å². The summed E-state index contributed by atoms with van der Waals surface area (Å²) in [5, 5.41) is 0. The quantitative estimate of drug-likeness (QED) is 0.576. The molecule has 68 valence electrons. The first-order chi connectivity index (χ1) is 5.49. The van der Waals surface area contributed by atoms with Crippen molar-refractivity contribution < 1.29 is 0 Å². The molecule has 12 heavy (non-hydrogen) atoms. The fourth-order valence-corrected chi connectivity index (χ4v) is 0.895. The van der Waals surface area contributed by atoms with Gasteiger partial charge in [-0.2, -0.15) is 0 Å². The van der Waals surface area contributed by atoms with Crippen molar-refractivity contribution in [2.45, 2.75) is 27.2 Å². The Labute approximate surface area is 75.1 Å². The van der Waals surface area contributed by atoms with E-state index in [2.05, 4.69) is 37.5 Å². The molecule has 0 aliphatic carbocycles. The van der Waals surface area contributed by atoms with Gasteiger partial charge < -0.3 is 0 Å². The number of hydrogen-bond acceptors (Lipinski definition) is 2. The normalized spacial score (nSPS) is 13.8. The van der Waals surface area contributed by atoms with Crippen LogP contribution in [0.1, 0.15) is 27.2 Å². The van der Waals surface area contributed by atoms with E-state index in [0.717, 1.165) is 12.1 Å². The van der Waals surface area contributed by atoms with Crippen LogP contribution in [0.4, 0.5) is 0 Å². The van der Waals surface area contributed by atoms with Crippen molar-refractivity contribution in [1.82, 2.24) is 0 Å². The van der Waals surface area contributed by atoms with Gasteiger partial charge in [0.2, 0.25) is 0 Å². The zero-order valence-electron chi connectivity index (χ0n) is 8.46. The summed E-state index contributed by atoms with van der Waals surface area (Å²) in [6.07, 6.45) is 4.54. The van der Waals surface area contributed by atoms with Crippen LogP contribution in [0.2, 0.25) is 0 Å². The molecule has 0 saturated carbocycles. The lowest BCUT2D eigenvalue weighted by atomic mass is 9.89. The third-order valence-electron chi connectivity index (χ3n) is 1.37. The van der Waals surface area contributed by atoms with Crippen molar-refractivity contribution in [3.05, 3.63) is 12.3 Å². The van der Waals surface area contributed by atoms with Crippen molar-refractivity contribution in [3.63, 3.8) is 0 Å². The molecule has 0 aromatic heterocycles. The van der Waals surface area contributed by atoms with E-state index >= 15 is 0 Å². The standard InChI is InChI=1S/C10H18N2/c1-10(2,3)8-9(12-5)6-7-11-4/h6-7H,4,8H2,1-3,5H3/b7-6-,12-9?. The average Bonchev–Trinajstić information content (AvgIpc) is 1.95. The molecule has 2 nitrogen and oxygen atoms in total. The number of allylic oxidation sites excluding steroid dienone is 1. The Morgan fingerprint density at radius 2 is 2.00 bits per heavy atom. The Morgan fingerprint density at radius 1 is 1.42 bits per heavy atom. The summed E-state index contributed by atoms with van der Waals surface area (Å²) < 4.78 is 0. The van der Waals surface area contributed by atoms with E-state index in [9.17, 15) is 0 Å². The van der Waals surface area contributed by atoms with Gasteiger partial charge in [-0.1, -0.05) is 20.8 Å². The summed E-state index contributed by atoms with van der Waals surface area (Å²) in [5.74, 6) is 0. The van der Waals surface area contributed by atoms with Crippen LogP contribution < -0.4 is 0 Å². The Kier molecular flexibility index (Phi) is 4.49. The monoisotopic (exact) mass is 166 g/mol. The molecule has 0 amide bonds. The van der Waals surface area contributed by atoms with Gasteiger partial charge in [-0.25, -0.2) is 0 Å². The topological polar surface area (TPSA) is 24.7 Å². The molecular formula is C10H18N2. The van der Waals surface area contributed by atoms with Gasteiger partial charge in [0.25, 0.3) is 0 Å². The SMILES string of the molecule is C=N/C=C\C(CC(C)(C)C)=NC. The zero-order valence-corrected chi connectivity index (χ0v) is 8.46. The van der Waals surface area contributed by atoms with Gasteiger partial charge in [0, 0.05) is 19.0 Å². The molecule has 0 saturated heterocycles. The molecule has 2 heteroatoms. The predicted octanol–water partition coefficient (Wildman–Crippen LogP) is 2.71. The lowest BCUT2D eigenvalue weighted by Gasteiger charge is -2.17. The summed E-state index contributed by atoms with van der Waals surface area (Å²) in [6.45, 7) is 9.94. The Hall–Kier alpha value is -0.920. The molecular weight excluding hydrogens is 148 g/mol. The van der Waals surface area contributed by atoms with Crippen molar-refractivity contribution in [2.24, 2.45) is 15.4 Å². The van der Waals surface area contributed by atoms with Crippen molar-refractivity contribution >= 4 is 12.4 Å². The van der Waals surface area contributed by atoms with Gasteiger partial charge in [0.1, 0.15) is 0 Å². The molecule has 0 fully saturated rings. The Morgan fingerprint density at radius 3 is 2.33 bits per heavy atom. The van der Waals surface area contributed by atoms with Crippen LogP contribution in [0, 0.1) is 5.41 Å². The minimum atomic E-state index is 0.278. The van der Waals surface area contributed by atoms with Crippen molar-refractivity contribution in [2.75, 3.05) is 7.05 Å². The summed E-state index contributed by atoms with van der Waals surface area (Å²) in [4.78, 5) is 7.80. The fourth-order valence-electron chi connectivity index (χ4n) is 0.895. The van der Waals surface area contributed by atoms with Crippen LogP contribution >= 0.6 is 0 Å². The van der Waals surface area contributed by atoms with Gasteiger partial charge >= 0.3 is 0 Å². The second-order valence-electron chi connectivity index (χ2n) is 3.95. The number of nitrogens with zero attached hydrogens (tertiary/aromatic N) is 2. The smallest absolute Gasteiger partial charge is 0.0365 e. The minimum Gasteiger partial charge on any atom is -0.293 e. The van der Waals surface area contributed by atoms with Crippen LogP contribution in [-0.4, -0.2) is 19.5 Å². The van der Waals surface area contributed by atoms with Crippen LogP contribution in [0.15, 0.2) is 22.3 Å². The summed E-state index contributed by atoms with van der Waals surface area (Å²) >= 11 is 0. The maximum Gasteiger partial charge on any atom is 0.0365 e. The molecule has 0 unspecified atom stereocenters. The van der Waals surface area contributed by atoms with E-state index < -0.39 is 0 Å². The maximum absolute atomic E-state index is 4.15. The summed E-state index contributed by atoms with van der Waals surface area (Å²) in [6, 6.07) is 0. The molecule has 0 rings (SSSR count). The third kappa shape index (κ3) is 5.83. The zero-order chi connectivity index (χ0) is 9.61. The molecule has 0 bridgehead atoms. The van der Waals surface area contributed by atoms with Crippen molar-refractivity contribution in [3.8, 4) is 0 Å². The fraction of sp³-hybridized carbons (Fsp3) is 0.600. The number of aliphatic imine (C=N–C) groups is 2. The predicted molar refractivity (Wildman–Crippen MR) is 56.1 cm³/mol. The molecule has 0 heterocycles. The molecule has 0 radical (unpaired) electrons. The highest BCUT2D eigenvalue weighted by atomic mass is 14.7. The first-order valence-electron chi connectivity index (χ1n) is 4.07. The molecule has 0 aromatic rings. The molecule has 0 aliphatic rings. The Balaban J connectivity index is 4.21. The van der Waals surface area contributed by atoms with Crippen LogP contribution in [0.3, 0.4) is 0 Å². The number of rotatable bonds is 3. The summed E-state index contributed by atoms with van der Waals surface area (Å²) in [5.41, 5.74) is 1.34. The lowest BCUT2D eigenvalue weighted by molar-refractivity contribution is 0.434. The van der Waals surface area contributed by atoms with E-state index in [1.54, 1.807) is 13.2 Å². The third-order valence-corrected chi connectivity index (χ3v) is 1.37. The molecule has 0 atom stereocenters. The van der Waals surface area contributed by atoms with Crippen LogP contribution in [0.25, 0.3) is 0 Å². The lowest BCUT2D eigenvalue weighted by Crippen LogP contribution is -2.11. The Bertz CT molecular complexity index is 194. The van der Waals surface area contributed by atoms with Crippen LogP contribution in [0.5, 0.6) is 0 Å². The first-order valence-corrected chi connectivity index (χ1v) is 4.07. The highest BCUT2D eigenvalue weighted by Gasteiger charge is 2.11. The van der Waals surface area contributed by atoms with Gasteiger partial charge in [0.15, 0.2) is 0 Å². The van der Waals surface area contributed by atoms with Crippen LogP contribution in [-0.2, 0) is 0 Å². The summed E-state index contributed by atoms with van der Waals surface area (Å²) in [7, 11) is 1.80. The van der Waals surface area contributed by atoms with E-state index in [4.69, 9.17) is 0 Å².